The molecule has 0 bridgehead atoms. The summed E-state index contributed by atoms with van der Waals surface area (Å²) in [7, 11) is 0. The van der Waals surface area contributed by atoms with Crippen LogP contribution in [0.2, 0.25) is 0 Å². The molecule has 0 aliphatic heterocycles. The van der Waals surface area contributed by atoms with Crippen LogP contribution in [-0.2, 0) is 4.79 Å². The zero-order valence-electron chi connectivity index (χ0n) is 7.89. The number of rotatable bonds is 2. The maximum Gasteiger partial charge on any atom is 0.240 e. The van der Waals surface area contributed by atoms with Gasteiger partial charge in [0.1, 0.15) is 5.41 Å². The average Bonchev–Trinajstić information content (AvgIpc) is 2.66. The second-order valence-electron chi connectivity index (χ2n) is 4.56. The van der Waals surface area contributed by atoms with E-state index in [1.165, 1.54) is 0 Å². The van der Waals surface area contributed by atoms with Crippen molar-refractivity contribution in [3.8, 4) is 6.07 Å². The van der Waals surface area contributed by atoms with E-state index in [0.717, 1.165) is 32.1 Å². The first-order chi connectivity index (χ1) is 6.10. The van der Waals surface area contributed by atoms with Crippen molar-refractivity contribution in [1.82, 2.24) is 5.32 Å². The maximum absolute atomic E-state index is 11.7. The maximum atomic E-state index is 11.7. The highest BCUT2D eigenvalue weighted by Crippen LogP contribution is 2.43. The number of nitrogens with zero attached hydrogens (tertiary/aromatic N) is 1. The topological polar surface area (TPSA) is 52.9 Å². The van der Waals surface area contributed by atoms with Gasteiger partial charge in [-0.05, 0) is 39.0 Å². The summed E-state index contributed by atoms with van der Waals surface area (Å²) in [5, 5.41) is 11.9. The molecule has 1 amide bonds. The molecule has 2 aliphatic rings. The van der Waals surface area contributed by atoms with E-state index >= 15 is 0 Å². The number of nitrogens with one attached hydrogen (secondary N) is 1. The largest absolute Gasteiger partial charge is 0.350 e. The molecule has 2 rings (SSSR count). The number of carbonyl (C=O) groups excluding carboxylic acids is 1. The molecule has 0 heterocycles. The Balaban J connectivity index is 2.00. The van der Waals surface area contributed by atoms with Gasteiger partial charge in [0.2, 0.25) is 5.91 Å². The van der Waals surface area contributed by atoms with Gasteiger partial charge >= 0.3 is 0 Å². The number of nitriles is 1. The number of hydrogen-bond donors (Lipinski definition) is 1. The lowest BCUT2D eigenvalue weighted by molar-refractivity contribution is -0.132. The van der Waals surface area contributed by atoms with E-state index in [2.05, 4.69) is 11.4 Å². The highest BCUT2D eigenvalue weighted by molar-refractivity contribution is 5.87. The molecule has 0 atom stereocenters. The lowest BCUT2D eigenvalue weighted by atomic mass is 9.69. The van der Waals surface area contributed by atoms with Gasteiger partial charge in [-0.2, -0.15) is 5.26 Å². The van der Waals surface area contributed by atoms with E-state index in [-0.39, 0.29) is 11.4 Å². The zero-order chi connectivity index (χ0) is 9.53. The fraction of sp³-hybridized carbons (Fsp3) is 0.800. The van der Waals surface area contributed by atoms with Gasteiger partial charge in [-0.15, -0.1) is 0 Å². The van der Waals surface area contributed by atoms with E-state index < -0.39 is 5.41 Å². The highest BCUT2D eigenvalue weighted by Gasteiger charge is 2.49. The minimum Gasteiger partial charge on any atom is -0.350 e. The van der Waals surface area contributed by atoms with Crippen LogP contribution in [0.25, 0.3) is 0 Å². The quantitative estimate of drug-likeness (QED) is 0.694. The third-order valence-corrected chi connectivity index (χ3v) is 3.27. The normalized spacial score (nSPS) is 26.8. The van der Waals surface area contributed by atoms with E-state index in [1.807, 2.05) is 6.92 Å². The first-order valence-corrected chi connectivity index (χ1v) is 4.84. The zero-order valence-corrected chi connectivity index (χ0v) is 7.89. The van der Waals surface area contributed by atoms with Crippen LogP contribution in [0, 0.1) is 16.7 Å². The summed E-state index contributed by atoms with van der Waals surface area (Å²) in [5.41, 5.74) is -0.665. The molecule has 1 N–H and O–H groups in total. The van der Waals surface area contributed by atoms with Crippen molar-refractivity contribution in [2.24, 2.45) is 5.41 Å². The molecule has 0 aromatic carbocycles. The van der Waals surface area contributed by atoms with Gasteiger partial charge in [0.15, 0.2) is 0 Å². The molecule has 0 saturated heterocycles. The summed E-state index contributed by atoms with van der Waals surface area (Å²) in [4.78, 5) is 11.7. The second kappa shape index (κ2) is 2.47. The van der Waals surface area contributed by atoms with Gasteiger partial charge in [0.05, 0.1) is 6.07 Å². The minimum absolute atomic E-state index is 0.0104. The minimum atomic E-state index is -0.675. The number of hydrogen-bond acceptors (Lipinski definition) is 2. The summed E-state index contributed by atoms with van der Waals surface area (Å²) in [6, 6.07) is 2.15. The molecular formula is C10H14N2O. The number of carbonyl (C=O) groups is 1. The summed E-state index contributed by atoms with van der Waals surface area (Å²) in [5.74, 6) is -0.0405. The van der Waals surface area contributed by atoms with E-state index in [9.17, 15) is 4.79 Å². The summed E-state index contributed by atoms with van der Waals surface area (Å²) < 4.78 is 0. The Bertz CT molecular complexity index is 282. The molecule has 0 aromatic rings. The summed E-state index contributed by atoms with van der Waals surface area (Å²) in [6.45, 7) is 2.04. The van der Waals surface area contributed by atoms with E-state index in [0.29, 0.717) is 0 Å². The van der Waals surface area contributed by atoms with Gasteiger partial charge in [0, 0.05) is 5.54 Å². The molecule has 0 spiro atoms. The SMILES string of the molecule is CC1(NC(=O)C2(C#N)CCC2)CC1. The molecule has 2 saturated carbocycles. The lowest BCUT2D eigenvalue weighted by Gasteiger charge is -2.34. The summed E-state index contributed by atoms with van der Waals surface area (Å²) >= 11 is 0. The molecule has 2 aliphatic carbocycles. The Kier molecular flexibility index (Phi) is 1.63. The van der Waals surface area contributed by atoms with Gasteiger partial charge < -0.3 is 5.32 Å². The van der Waals surface area contributed by atoms with Gasteiger partial charge in [-0.3, -0.25) is 4.79 Å². The lowest BCUT2D eigenvalue weighted by Crippen LogP contribution is -2.48. The standard InChI is InChI=1S/C10H14N2O/c1-9(5-6-9)12-8(13)10(7-11)3-2-4-10/h2-6H2,1H3,(H,12,13). The van der Waals surface area contributed by atoms with Crippen LogP contribution < -0.4 is 5.32 Å². The summed E-state index contributed by atoms with van der Waals surface area (Å²) in [6.07, 6.45) is 4.61. The van der Waals surface area contributed by atoms with E-state index in [1.54, 1.807) is 0 Å². The van der Waals surface area contributed by atoms with Gasteiger partial charge in [-0.1, -0.05) is 0 Å². The smallest absolute Gasteiger partial charge is 0.240 e. The fourth-order valence-corrected chi connectivity index (χ4v) is 1.63. The molecule has 0 radical (unpaired) electrons. The third kappa shape index (κ3) is 1.31. The molecule has 70 valence electrons. The van der Waals surface area contributed by atoms with Crippen LogP contribution in [0.5, 0.6) is 0 Å². The number of amides is 1. The second-order valence-corrected chi connectivity index (χ2v) is 4.56. The van der Waals surface area contributed by atoms with Crippen molar-refractivity contribution in [2.75, 3.05) is 0 Å². The van der Waals surface area contributed by atoms with Crippen LogP contribution >= 0.6 is 0 Å². The predicted octanol–water partition coefficient (Wildman–Crippen LogP) is 1.35. The molecule has 3 nitrogen and oxygen atoms in total. The fourth-order valence-electron chi connectivity index (χ4n) is 1.63. The van der Waals surface area contributed by atoms with Crippen molar-refractivity contribution in [3.05, 3.63) is 0 Å². The van der Waals surface area contributed by atoms with Crippen molar-refractivity contribution in [3.63, 3.8) is 0 Å². The molecule has 0 unspecified atom stereocenters. The Hall–Kier alpha value is -1.04. The first-order valence-electron chi connectivity index (χ1n) is 4.84. The highest BCUT2D eigenvalue weighted by atomic mass is 16.2. The Morgan fingerprint density at radius 2 is 2.00 bits per heavy atom. The van der Waals surface area contributed by atoms with Crippen LogP contribution in [0.3, 0.4) is 0 Å². The Morgan fingerprint density at radius 3 is 2.31 bits per heavy atom. The third-order valence-electron chi connectivity index (χ3n) is 3.27. The molecule has 0 aromatic heterocycles. The Morgan fingerprint density at radius 1 is 1.38 bits per heavy atom. The van der Waals surface area contributed by atoms with Crippen molar-refractivity contribution in [2.45, 2.75) is 44.6 Å². The van der Waals surface area contributed by atoms with Gasteiger partial charge in [0.25, 0.3) is 0 Å². The van der Waals surface area contributed by atoms with Crippen LogP contribution in [0.4, 0.5) is 0 Å². The first kappa shape index (κ1) is 8.55. The van der Waals surface area contributed by atoms with Crippen LogP contribution in [0.15, 0.2) is 0 Å². The average molecular weight is 178 g/mol. The van der Waals surface area contributed by atoms with E-state index in [4.69, 9.17) is 5.26 Å². The van der Waals surface area contributed by atoms with Crippen LogP contribution in [-0.4, -0.2) is 11.4 Å². The predicted molar refractivity (Wildman–Crippen MR) is 47.7 cm³/mol. The molecule has 13 heavy (non-hydrogen) atoms. The molecular weight excluding hydrogens is 164 g/mol. The molecule has 3 heteroatoms. The Labute approximate surface area is 78.1 Å². The van der Waals surface area contributed by atoms with Gasteiger partial charge in [-0.25, -0.2) is 0 Å². The van der Waals surface area contributed by atoms with Crippen LogP contribution in [0.1, 0.15) is 39.0 Å². The monoisotopic (exact) mass is 178 g/mol. The van der Waals surface area contributed by atoms with Crippen molar-refractivity contribution >= 4 is 5.91 Å². The molecule has 2 fully saturated rings. The van der Waals surface area contributed by atoms with Crippen molar-refractivity contribution < 1.29 is 4.79 Å². The van der Waals surface area contributed by atoms with Crippen molar-refractivity contribution in [1.29, 1.82) is 5.26 Å².